The normalized spacial score (nSPS) is 11.7. The van der Waals surface area contributed by atoms with Crippen LogP contribution < -0.4 is 10.8 Å². The lowest BCUT2D eigenvalue weighted by molar-refractivity contribution is 0.0706. The molecule has 0 heterocycles. The summed E-state index contributed by atoms with van der Waals surface area (Å²) in [5.74, 6) is -0.569. The third-order valence-corrected chi connectivity index (χ3v) is 4.84. The Morgan fingerprint density at radius 2 is 1.24 bits per heavy atom. The van der Waals surface area contributed by atoms with E-state index in [1.165, 1.54) is 0 Å². The van der Waals surface area contributed by atoms with Crippen molar-refractivity contribution in [3.05, 3.63) is 95.6 Å². The first kappa shape index (κ1) is 20.3. The number of hydrogen-bond donors (Lipinski definition) is 3. The fraction of sp³-hybridized carbons (Fsp3) is 0.167. The van der Waals surface area contributed by atoms with E-state index in [4.69, 9.17) is 5.21 Å². The molecule has 0 radical (unpaired) electrons. The van der Waals surface area contributed by atoms with Crippen molar-refractivity contribution >= 4 is 11.8 Å². The van der Waals surface area contributed by atoms with Crippen LogP contribution in [0, 0.1) is 5.92 Å². The summed E-state index contributed by atoms with van der Waals surface area (Å²) in [4.78, 5) is 24.3. The van der Waals surface area contributed by atoms with Crippen molar-refractivity contribution in [2.24, 2.45) is 5.92 Å². The van der Waals surface area contributed by atoms with Gasteiger partial charge in [-0.1, -0.05) is 68.4 Å². The molecule has 3 N–H and O–H groups in total. The first-order chi connectivity index (χ1) is 14.0. The van der Waals surface area contributed by atoms with Crippen molar-refractivity contribution in [1.29, 1.82) is 0 Å². The van der Waals surface area contributed by atoms with Crippen molar-refractivity contribution in [2.45, 2.75) is 19.9 Å². The lowest BCUT2D eigenvalue weighted by Crippen LogP contribution is -2.31. The second-order valence-corrected chi connectivity index (χ2v) is 7.20. The quantitative estimate of drug-likeness (QED) is 0.427. The Hall–Kier alpha value is -3.44. The second kappa shape index (κ2) is 9.17. The van der Waals surface area contributed by atoms with Crippen LogP contribution in [0.5, 0.6) is 0 Å². The van der Waals surface area contributed by atoms with Crippen LogP contribution in [0.3, 0.4) is 0 Å². The van der Waals surface area contributed by atoms with Gasteiger partial charge in [0.25, 0.3) is 11.8 Å². The third-order valence-electron chi connectivity index (χ3n) is 4.84. The molecule has 29 heavy (non-hydrogen) atoms. The number of nitrogens with one attached hydrogen (secondary N) is 2. The van der Waals surface area contributed by atoms with E-state index < -0.39 is 5.91 Å². The fourth-order valence-electron chi connectivity index (χ4n) is 3.21. The van der Waals surface area contributed by atoms with Crippen LogP contribution in [0.4, 0.5) is 0 Å². The SMILES string of the molecule is CC(C)C(NC(=O)c1ccc(-c2ccccc2)cc1)c1ccc(C(=O)NO)cc1. The molecule has 0 aliphatic heterocycles. The molecule has 148 valence electrons. The minimum absolute atomic E-state index is 0.152. The van der Waals surface area contributed by atoms with E-state index in [2.05, 4.69) is 5.32 Å². The van der Waals surface area contributed by atoms with Crippen molar-refractivity contribution in [1.82, 2.24) is 10.8 Å². The number of amides is 2. The van der Waals surface area contributed by atoms with Gasteiger partial charge in [-0.15, -0.1) is 0 Å². The van der Waals surface area contributed by atoms with E-state index in [1.54, 1.807) is 29.7 Å². The van der Waals surface area contributed by atoms with Gasteiger partial charge in [-0.25, -0.2) is 5.48 Å². The smallest absolute Gasteiger partial charge is 0.274 e. The Labute approximate surface area is 170 Å². The molecule has 0 fully saturated rings. The van der Waals surface area contributed by atoms with Gasteiger partial charge in [0.2, 0.25) is 0 Å². The zero-order chi connectivity index (χ0) is 20.8. The monoisotopic (exact) mass is 388 g/mol. The van der Waals surface area contributed by atoms with Gasteiger partial charge in [-0.2, -0.15) is 0 Å². The molecule has 3 aromatic rings. The van der Waals surface area contributed by atoms with E-state index in [0.717, 1.165) is 16.7 Å². The summed E-state index contributed by atoms with van der Waals surface area (Å²) in [6.45, 7) is 4.05. The molecule has 0 spiro atoms. The molecule has 5 heteroatoms. The van der Waals surface area contributed by atoms with E-state index in [9.17, 15) is 9.59 Å². The zero-order valence-electron chi connectivity index (χ0n) is 16.4. The molecule has 0 saturated heterocycles. The van der Waals surface area contributed by atoms with E-state index in [0.29, 0.717) is 11.1 Å². The highest BCUT2D eigenvalue weighted by Crippen LogP contribution is 2.24. The van der Waals surface area contributed by atoms with E-state index in [-0.39, 0.29) is 17.9 Å². The maximum atomic E-state index is 12.8. The van der Waals surface area contributed by atoms with Gasteiger partial charge >= 0.3 is 0 Å². The van der Waals surface area contributed by atoms with Crippen LogP contribution in [0.1, 0.15) is 46.2 Å². The van der Waals surface area contributed by atoms with Gasteiger partial charge in [0.05, 0.1) is 6.04 Å². The summed E-state index contributed by atoms with van der Waals surface area (Å²) in [5, 5.41) is 11.8. The Balaban J connectivity index is 1.75. The maximum absolute atomic E-state index is 12.8. The number of carbonyl (C=O) groups excluding carboxylic acids is 2. The largest absolute Gasteiger partial charge is 0.345 e. The minimum Gasteiger partial charge on any atom is -0.345 e. The molecule has 2 amide bonds. The third kappa shape index (κ3) is 4.89. The van der Waals surface area contributed by atoms with Gasteiger partial charge in [-0.05, 0) is 46.9 Å². The molecule has 1 unspecified atom stereocenters. The Morgan fingerprint density at radius 3 is 1.79 bits per heavy atom. The van der Waals surface area contributed by atoms with Crippen molar-refractivity contribution < 1.29 is 14.8 Å². The van der Waals surface area contributed by atoms with Crippen LogP contribution in [0.2, 0.25) is 0 Å². The van der Waals surface area contributed by atoms with Crippen LogP contribution in [0.25, 0.3) is 11.1 Å². The molecule has 0 bridgehead atoms. The summed E-state index contributed by atoms with van der Waals surface area (Å²) in [6.07, 6.45) is 0. The highest BCUT2D eigenvalue weighted by Gasteiger charge is 2.19. The number of carbonyl (C=O) groups is 2. The zero-order valence-corrected chi connectivity index (χ0v) is 16.4. The number of rotatable bonds is 6. The molecule has 1 atom stereocenters. The summed E-state index contributed by atoms with van der Waals surface area (Å²) < 4.78 is 0. The highest BCUT2D eigenvalue weighted by molar-refractivity contribution is 5.95. The lowest BCUT2D eigenvalue weighted by atomic mass is 9.94. The number of hydrogen-bond acceptors (Lipinski definition) is 3. The Kier molecular flexibility index (Phi) is 6.42. The Morgan fingerprint density at radius 1 is 0.724 bits per heavy atom. The van der Waals surface area contributed by atoms with Crippen LogP contribution >= 0.6 is 0 Å². The molecular formula is C24H24N2O3. The predicted octanol–water partition coefficient (Wildman–Crippen LogP) is 4.60. The number of benzene rings is 3. The molecule has 0 aliphatic carbocycles. The van der Waals surface area contributed by atoms with E-state index >= 15 is 0 Å². The average molecular weight is 388 g/mol. The van der Waals surface area contributed by atoms with Crippen LogP contribution in [0.15, 0.2) is 78.9 Å². The molecule has 0 aliphatic rings. The maximum Gasteiger partial charge on any atom is 0.274 e. The van der Waals surface area contributed by atoms with Gasteiger partial charge in [0, 0.05) is 11.1 Å². The van der Waals surface area contributed by atoms with Gasteiger partial charge < -0.3 is 5.32 Å². The highest BCUT2D eigenvalue weighted by atomic mass is 16.5. The molecule has 3 aromatic carbocycles. The topological polar surface area (TPSA) is 78.4 Å². The average Bonchev–Trinajstić information content (AvgIpc) is 2.77. The summed E-state index contributed by atoms with van der Waals surface area (Å²) in [7, 11) is 0. The molecule has 5 nitrogen and oxygen atoms in total. The first-order valence-electron chi connectivity index (χ1n) is 9.50. The predicted molar refractivity (Wildman–Crippen MR) is 113 cm³/mol. The molecule has 0 aromatic heterocycles. The van der Waals surface area contributed by atoms with Crippen molar-refractivity contribution in [2.75, 3.05) is 0 Å². The van der Waals surface area contributed by atoms with Crippen molar-refractivity contribution in [3.63, 3.8) is 0 Å². The van der Waals surface area contributed by atoms with Gasteiger partial charge in [0.15, 0.2) is 0 Å². The van der Waals surface area contributed by atoms with Crippen molar-refractivity contribution in [3.8, 4) is 11.1 Å². The fourth-order valence-corrected chi connectivity index (χ4v) is 3.21. The summed E-state index contributed by atoms with van der Waals surface area (Å²) in [5.41, 5.74) is 5.60. The Bertz CT molecular complexity index is 965. The molecule has 3 rings (SSSR count). The minimum atomic E-state index is -0.569. The lowest BCUT2D eigenvalue weighted by Gasteiger charge is -2.23. The summed E-state index contributed by atoms with van der Waals surface area (Å²) in [6, 6.07) is 24.1. The van der Waals surface area contributed by atoms with Gasteiger partial charge in [0.1, 0.15) is 0 Å². The standard InChI is InChI=1S/C24H24N2O3/c1-16(2)22(19-10-14-21(15-11-19)24(28)26-29)25-23(27)20-12-8-18(9-13-20)17-6-4-3-5-7-17/h3-16,22,29H,1-2H3,(H,25,27)(H,26,28). The molecule has 0 saturated carbocycles. The molecular weight excluding hydrogens is 364 g/mol. The summed E-state index contributed by atoms with van der Waals surface area (Å²) >= 11 is 0. The van der Waals surface area contributed by atoms with Crippen LogP contribution in [-0.2, 0) is 0 Å². The first-order valence-corrected chi connectivity index (χ1v) is 9.50. The van der Waals surface area contributed by atoms with Gasteiger partial charge in [-0.3, -0.25) is 14.8 Å². The number of hydroxylamine groups is 1. The van der Waals surface area contributed by atoms with E-state index in [1.807, 2.05) is 68.4 Å². The second-order valence-electron chi connectivity index (χ2n) is 7.20. The van der Waals surface area contributed by atoms with Crippen LogP contribution in [-0.4, -0.2) is 17.0 Å².